The maximum Gasteiger partial charge on any atom is 0.255 e. The Morgan fingerprint density at radius 2 is 1.02 bits per heavy atom. The topological polar surface area (TPSA) is 117 Å². The molecule has 0 saturated heterocycles. The smallest absolute Gasteiger partial charge is 0.255 e. The second-order valence-electron chi connectivity index (χ2n) is 8.70. The van der Waals surface area contributed by atoms with E-state index in [0.29, 0.717) is 12.4 Å². The summed E-state index contributed by atoms with van der Waals surface area (Å²) in [4.78, 5) is 23.9. The van der Waals surface area contributed by atoms with Crippen molar-refractivity contribution >= 4 is 11.8 Å². The highest BCUT2D eigenvalue weighted by atomic mass is 16.5. The fraction of sp³-hybridized carbons (Fsp3) is 0.152. The van der Waals surface area contributed by atoms with Crippen molar-refractivity contribution in [3.63, 3.8) is 0 Å². The first-order valence-corrected chi connectivity index (χ1v) is 12.9. The zero-order chi connectivity index (χ0) is 29.5. The average Bonchev–Trinajstić information content (AvgIpc) is 3.03. The lowest BCUT2D eigenvalue weighted by Gasteiger charge is -2.16. The van der Waals surface area contributed by atoms with Gasteiger partial charge < -0.3 is 9.47 Å². The SMILES string of the molecule is C#CCOc1ccc(C(C(=O)NO)c2ccccc2)cc1.CCOc1ccc(C(C(=O)NO)c2ccccc2)cc1. The van der Waals surface area contributed by atoms with Crippen molar-refractivity contribution in [1.82, 2.24) is 11.0 Å². The molecule has 2 atom stereocenters. The van der Waals surface area contributed by atoms with E-state index in [-0.39, 0.29) is 6.61 Å². The van der Waals surface area contributed by atoms with Crippen molar-refractivity contribution in [2.45, 2.75) is 18.8 Å². The van der Waals surface area contributed by atoms with E-state index in [0.717, 1.165) is 28.0 Å². The van der Waals surface area contributed by atoms with Gasteiger partial charge in [-0.25, -0.2) is 11.0 Å². The number of hydrogen-bond acceptors (Lipinski definition) is 6. The Balaban J connectivity index is 0.000000226. The molecule has 0 fully saturated rings. The summed E-state index contributed by atoms with van der Waals surface area (Å²) in [6.07, 6.45) is 5.13. The number of amides is 2. The van der Waals surface area contributed by atoms with Crippen LogP contribution in [0.2, 0.25) is 0 Å². The van der Waals surface area contributed by atoms with E-state index >= 15 is 0 Å². The van der Waals surface area contributed by atoms with E-state index in [1.165, 1.54) is 0 Å². The molecule has 4 aromatic rings. The lowest BCUT2D eigenvalue weighted by Crippen LogP contribution is -2.27. The predicted octanol–water partition coefficient (Wildman–Crippen LogP) is 5.06. The van der Waals surface area contributed by atoms with Crippen LogP contribution in [0.5, 0.6) is 11.5 Å². The summed E-state index contributed by atoms with van der Waals surface area (Å²) in [5, 5.41) is 17.9. The molecule has 0 heterocycles. The van der Waals surface area contributed by atoms with E-state index in [1.807, 2.05) is 91.9 Å². The number of rotatable bonds is 10. The normalized spacial score (nSPS) is 11.5. The summed E-state index contributed by atoms with van der Waals surface area (Å²) in [5.74, 6) is 1.70. The molecule has 4 N–H and O–H groups in total. The summed E-state index contributed by atoms with van der Waals surface area (Å²) in [5.41, 5.74) is 6.61. The highest BCUT2D eigenvalue weighted by Gasteiger charge is 2.23. The van der Waals surface area contributed by atoms with Crippen molar-refractivity contribution in [2.24, 2.45) is 0 Å². The number of carbonyl (C=O) groups excluding carboxylic acids is 2. The number of hydrogen-bond donors (Lipinski definition) is 4. The predicted molar refractivity (Wildman–Crippen MR) is 155 cm³/mol. The lowest BCUT2D eigenvalue weighted by molar-refractivity contribution is -0.130. The van der Waals surface area contributed by atoms with Crippen LogP contribution in [-0.4, -0.2) is 35.4 Å². The Labute approximate surface area is 239 Å². The number of ether oxygens (including phenoxy) is 2. The van der Waals surface area contributed by atoms with E-state index in [4.69, 9.17) is 26.3 Å². The van der Waals surface area contributed by atoms with Crippen LogP contribution >= 0.6 is 0 Å². The van der Waals surface area contributed by atoms with Crippen LogP contribution in [0.1, 0.15) is 41.0 Å². The first-order chi connectivity index (χ1) is 20.0. The molecular weight excluding hydrogens is 520 g/mol. The summed E-state index contributed by atoms with van der Waals surface area (Å²) in [6.45, 7) is 2.71. The van der Waals surface area contributed by atoms with Crippen molar-refractivity contribution in [1.29, 1.82) is 0 Å². The van der Waals surface area contributed by atoms with Crippen LogP contribution in [0.4, 0.5) is 0 Å². The molecule has 41 heavy (non-hydrogen) atoms. The van der Waals surface area contributed by atoms with E-state index in [9.17, 15) is 9.59 Å². The molecule has 0 radical (unpaired) electrons. The van der Waals surface area contributed by atoms with Crippen LogP contribution in [0.25, 0.3) is 0 Å². The molecule has 2 amide bonds. The fourth-order valence-electron chi connectivity index (χ4n) is 4.22. The van der Waals surface area contributed by atoms with Crippen molar-refractivity contribution in [2.75, 3.05) is 13.2 Å². The zero-order valence-electron chi connectivity index (χ0n) is 22.6. The van der Waals surface area contributed by atoms with Crippen LogP contribution < -0.4 is 20.4 Å². The Kier molecular flexibility index (Phi) is 12.0. The van der Waals surface area contributed by atoms with Gasteiger partial charge in [0.15, 0.2) is 0 Å². The molecule has 4 aromatic carbocycles. The van der Waals surface area contributed by atoms with E-state index < -0.39 is 23.7 Å². The monoisotopic (exact) mass is 552 g/mol. The molecule has 0 saturated carbocycles. The van der Waals surface area contributed by atoms with Crippen molar-refractivity contribution in [3.8, 4) is 23.8 Å². The standard InChI is InChI=1S/C17H15NO3.C16H17NO3/c1-2-12-21-15-10-8-14(9-11-15)16(17(19)18-20)13-6-4-3-5-7-13;1-2-20-14-10-8-13(9-11-14)15(16(18)17-19)12-6-4-3-5-7-12/h1,3-11,16,20H,12H2,(H,18,19);3-11,15,19H,2H2,1H3,(H,17,18). The Bertz CT molecular complexity index is 1400. The summed E-state index contributed by atoms with van der Waals surface area (Å²) < 4.78 is 10.7. The van der Waals surface area contributed by atoms with E-state index in [1.54, 1.807) is 35.2 Å². The number of carbonyl (C=O) groups is 2. The van der Waals surface area contributed by atoms with Gasteiger partial charge in [-0.15, -0.1) is 6.42 Å². The van der Waals surface area contributed by atoms with Gasteiger partial charge in [-0.2, -0.15) is 0 Å². The molecule has 8 nitrogen and oxygen atoms in total. The van der Waals surface area contributed by atoms with Gasteiger partial charge >= 0.3 is 0 Å². The Hall–Kier alpha value is -5.10. The Morgan fingerprint density at radius 1 is 0.659 bits per heavy atom. The Morgan fingerprint density at radius 3 is 1.37 bits per heavy atom. The molecule has 210 valence electrons. The van der Waals surface area contributed by atoms with Crippen molar-refractivity contribution < 1.29 is 29.5 Å². The minimum Gasteiger partial charge on any atom is -0.494 e. The van der Waals surface area contributed by atoms with Gasteiger partial charge in [0.2, 0.25) is 0 Å². The molecule has 0 aliphatic carbocycles. The highest BCUT2D eigenvalue weighted by molar-refractivity contribution is 5.86. The third-order valence-electron chi connectivity index (χ3n) is 6.07. The highest BCUT2D eigenvalue weighted by Crippen LogP contribution is 2.27. The molecule has 0 aromatic heterocycles. The summed E-state index contributed by atoms with van der Waals surface area (Å²) >= 11 is 0. The van der Waals surface area contributed by atoms with Crippen LogP contribution in [0.3, 0.4) is 0 Å². The number of terminal acetylenes is 1. The molecule has 4 rings (SSSR count). The number of benzene rings is 4. The maximum atomic E-state index is 12.0. The van der Waals surface area contributed by atoms with Crippen LogP contribution in [0, 0.1) is 12.3 Å². The summed E-state index contributed by atoms with van der Waals surface area (Å²) in [7, 11) is 0. The first-order valence-electron chi connectivity index (χ1n) is 12.9. The third-order valence-corrected chi connectivity index (χ3v) is 6.07. The molecular formula is C33H32N2O6. The third kappa shape index (κ3) is 8.70. The molecule has 0 spiro atoms. The number of nitrogens with one attached hydrogen (secondary N) is 2. The maximum absolute atomic E-state index is 12.0. The van der Waals surface area contributed by atoms with Gasteiger partial charge in [0.05, 0.1) is 18.4 Å². The zero-order valence-corrected chi connectivity index (χ0v) is 22.6. The minimum absolute atomic E-state index is 0.193. The second-order valence-corrected chi connectivity index (χ2v) is 8.70. The molecule has 0 aliphatic rings. The molecule has 0 aliphatic heterocycles. The van der Waals surface area contributed by atoms with Gasteiger partial charge in [0.25, 0.3) is 11.8 Å². The van der Waals surface area contributed by atoms with E-state index in [2.05, 4.69) is 5.92 Å². The fourth-order valence-corrected chi connectivity index (χ4v) is 4.22. The van der Waals surface area contributed by atoms with Gasteiger partial charge in [-0.05, 0) is 53.4 Å². The minimum atomic E-state index is -0.585. The van der Waals surface area contributed by atoms with Crippen LogP contribution in [0.15, 0.2) is 109 Å². The lowest BCUT2D eigenvalue weighted by atomic mass is 9.91. The number of hydroxylamine groups is 2. The second kappa shape index (κ2) is 16.1. The van der Waals surface area contributed by atoms with Gasteiger partial charge in [0, 0.05) is 0 Å². The van der Waals surface area contributed by atoms with Gasteiger partial charge in [-0.3, -0.25) is 20.0 Å². The molecule has 2 unspecified atom stereocenters. The van der Waals surface area contributed by atoms with Crippen molar-refractivity contribution in [3.05, 3.63) is 131 Å². The molecule has 0 bridgehead atoms. The average molecular weight is 553 g/mol. The first kappa shape index (κ1) is 30.4. The molecule has 8 heteroatoms. The largest absolute Gasteiger partial charge is 0.494 e. The van der Waals surface area contributed by atoms with Gasteiger partial charge in [-0.1, -0.05) is 90.8 Å². The quantitative estimate of drug-likeness (QED) is 0.124. The van der Waals surface area contributed by atoms with Gasteiger partial charge in [0.1, 0.15) is 18.1 Å². The summed E-state index contributed by atoms with van der Waals surface area (Å²) in [6, 6.07) is 32.9. The van der Waals surface area contributed by atoms with Crippen LogP contribution in [-0.2, 0) is 9.59 Å².